The van der Waals surface area contributed by atoms with Crippen LogP contribution in [-0.2, 0) is 4.79 Å². The Morgan fingerprint density at radius 3 is 2.83 bits per heavy atom. The number of carbonyl (C=O) groups excluding carboxylic acids is 1. The van der Waals surface area contributed by atoms with E-state index in [2.05, 4.69) is 20.9 Å². The molecule has 0 N–H and O–H groups in total. The molecule has 4 heteroatoms. The number of aliphatic imine (C=N–C) groups is 1. The number of aryl methyl sites for hydroxylation is 1. The fourth-order valence-electron chi connectivity index (χ4n) is 0.771. The van der Waals surface area contributed by atoms with Gasteiger partial charge in [-0.2, -0.15) is 4.99 Å². The van der Waals surface area contributed by atoms with E-state index in [-0.39, 0.29) is 5.69 Å². The zero-order valence-electron chi connectivity index (χ0n) is 6.27. The van der Waals surface area contributed by atoms with Gasteiger partial charge >= 0.3 is 0 Å². The Bertz CT molecular complexity index is 358. The fraction of sp³-hybridized carbons (Fsp3) is 0.125. The van der Waals surface area contributed by atoms with Crippen molar-refractivity contribution in [2.75, 3.05) is 0 Å². The van der Waals surface area contributed by atoms with Crippen molar-refractivity contribution in [3.05, 3.63) is 28.0 Å². The summed E-state index contributed by atoms with van der Waals surface area (Å²) < 4.78 is 13.5. The van der Waals surface area contributed by atoms with Crippen LogP contribution >= 0.6 is 15.9 Å². The second-order valence-electron chi connectivity index (χ2n) is 2.23. The fourth-order valence-corrected chi connectivity index (χ4v) is 1.11. The highest BCUT2D eigenvalue weighted by Crippen LogP contribution is 2.27. The van der Waals surface area contributed by atoms with Crippen LogP contribution in [0.4, 0.5) is 10.1 Å². The molecule has 62 valence electrons. The maximum absolute atomic E-state index is 13.1. The van der Waals surface area contributed by atoms with Crippen LogP contribution in [0, 0.1) is 12.7 Å². The van der Waals surface area contributed by atoms with Crippen LogP contribution in [0.3, 0.4) is 0 Å². The van der Waals surface area contributed by atoms with Crippen LogP contribution < -0.4 is 0 Å². The molecule has 0 aliphatic heterocycles. The molecule has 1 rings (SSSR count). The van der Waals surface area contributed by atoms with Crippen molar-refractivity contribution in [2.24, 2.45) is 4.99 Å². The van der Waals surface area contributed by atoms with Gasteiger partial charge in [0.05, 0.1) is 4.47 Å². The first-order valence-corrected chi connectivity index (χ1v) is 3.98. The maximum atomic E-state index is 13.1. The highest BCUT2D eigenvalue weighted by Gasteiger charge is 2.07. The van der Waals surface area contributed by atoms with Crippen molar-refractivity contribution in [1.82, 2.24) is 0 Å². The highest BCUT2D eigenvalue weighted by molar-refractivity contribution is 9.10. The van der Waals surface area contributed by atoms with Gasteiger partial charge in [-0.05, 0) is 34.5 Å². The van der Waals surface area contributed by atoms with E-state index < -0.39 is 5.82 Å². The number of hydrogen-bond acceptors (Lipinski definition) is 2. The van der Waals surface area contributed by atoms with Gasteiger partial charge < -0.3 is 0 Å². The first-order valence-electron chi connectivity index (χ1n) is 3.19. The molecule has 0 atom stereocenters. The van der Waals surface area contributed by atoms with Crippen molar-refractivity contribution in [3.8, 4) is 0 Å². The van der Waals surface area contributed by atoms with Gasteiger partial charge in [-0.1, -0.05) is 6.07 Å². The van der Waals surface area contributed by atoms with Crippen LogP contribution in [0.2, 0.25) is 0 Å². The van der Waals surface area contributed by atoms with Gasteiger partial charge in [-0.25, -0.2) is 9.18 Å². The molecule has 12 heavy (non-hydrogen) atoms. The normalized spacial score (nSPS) is 9.25. The van der Waals surface area contributed by atoms with Crippen LogP contribution in [-0.4, -0.2) is 6.08 Å². The first-order chi connectivity index (χ1) is 5.66. The van der Waals surface area contributed by atoms with Crippen molar-refractivity contribution >= 4 is 27.7 Å². The zero-order valence-corrected chi connectivity index (χ0v) is 7.85. The van der Waals surface area contributed by atoms with E-state index in [0.29, 0.717) is 4.47 Å². The van der Waals surface area contributed by atoms with Crippen molar-refractivity contribution in [1.29, 1.82) is 0 Å². The molecule has 1 aromatic rings. The molecule has 0 spiro atoms. The molecule has 0 heterocycles. The monoisotopic (exact) mass is 229 g/mol. The van der Waals surface area contributed by atoms with Crippen molar-refractivity contribution < 1.29 is 9.18 Å². The third-order valence-electron chi connectivity index (χ3n) is 1.42. The number of hydrogen-bond donors (Lipinski definition) is 0. The number of halogens is 2. The number of nitrogens with zero attached hydrogens (tertiary/aromatic N) is 1. The van der Waals surface area contributed by atoms with Gasteiger partial charge in [0, 0.05) is 0 Å². The molecule has 0 fully saturated rings. The van der Waals surface area contributed by atoms with Gasteiger partial charge in [0.15, 0.2) is 5.82 Å². The summed E-state index contributed by atoms with van der Waals surface area (Å²) in [5.41, 5.74) is 0.764. The standard InChI is InChI=1S/C8H5BrFNO/c1-5-2-3-6(11-4-12)8(10)7(5)9/h2-3H,1H3. The summed E-state index contributed by atoms with van der Waals surface area (Å²) in [6, 6.07) is 3.10. The van der Waals surface area contributed by atoms with Gasteiger partial charge in [-0.3, -0.25) is 0 Å². The van der Waals surface area contributed by atoms with E-state index in [0.717, 1.165) is 5.56 Å². The smallest absolute Gasteiger partial charge is 0.211 e. The Morgan fingerprint density at radius 2 is 2.25 bits per heavy atom. The van der Waals surface area contributed by atoms with Gasteiger partial charge in [0.2, 0.25) is 6.08 Å². The summed E-state index contributed by atoms with van der Waals surface area (Å²) in [7, 11) is 0. The van der Waals surface area contributed by atoms with Gasteiger partial charge in [0.1, 0.15) is 5.69 Å². The minimum atomic E-state index is -0.529. The summed E-state index contributed by atoms with van der Waals surface area (Å²) >= 11 is 3.04. The van der Waals surface area contributed by atoms with E-state index in [1.165, 1.54) is 12.1 Å². The third kappa shape index (κ3) is 1.60. The molecular formula is C8H5BrFNO. The summed E-state index contributed by atoms with van der Waals surface area (Å²) in [6.45, 7) is 1.75. The van der Waals surface area contributed by atoms with E-state index in [1.54, 1.807) is 13.0 Å². The number of rotatable bonds is 1. The van der Waals surface area contributed by atoms with Crippen LogP contribution in [0.1, 0.15) is 5.56 Å². The molecule has 0 saturated carbocycles. The Balaban J connectivity index is 3.35. The summed E-state index contributed by atoms with van der Waals surface area (Å²) in [5, 5.41) is 0. The minimum absolute atomic E-state index is 0.00229. The molecule has 0 amide bonds. The maximum Gasteiger partial charge on any atom is 0.240 e. The number of benzene rings is 1. The second-order valence-corrected chi connectivity index (χ2v) is 3.03. The molecule has 0 radical (unpaired) electrons. The predicted molar refractivity (Wildman–Crippen MR) is 46.6 cm³/mol. The van der Waals surface area contributed by atoms with Crippen LogP contribution in [0.5, 0.6) is 0 Å². The Hall–Kier alpha value is -0.990. The number of isocyanates is 1. The Morgan fingerprint density at radius 1 is 1.58 bits per heavy atom. The second kappa shape index (κ2) is 3.61. The molecule has 0 aliphatic rings. The Kier molecular flexibility index (Phi) is 2.74. The quantitative estimate of drug-likeness (QED) is 0.538. The lowest BCUT2D eigenvalue weighted by molar-refractivity contribution is 0.564. The first kappa shape index (κ1) is 9.10. The van der Waals surface area contributed by atoms with Gasteiger partial charge in [0.25, 0.3) is 0 Å². The molecular weight excluding hydrogens is 225 g/mol. The van der Waals surface area contributed by atoms with Crippen molar-refractivity contribution in [3.63, 3.8) is 0 Å². The lowest BCUT2D eigenvalue weighted by Crippen LogP contribution is -1.82. The van der Waals surface area contributed by atoms with Crippen molar-refractivity contribution in [2.45, 2.75) is 6.92 Å². The molecule has 0 saturated heterocycles. The van der Waals surface area contributed by atoms with Crippen LogP contribution in [0.25, 0.3) is 0 Å². The average Bonchev–Trinajstić information content (AvgIpc) is 2.07. The largest absolute Gasteiger partial charge is 0.240 e. The third-order valence-corrected chi connectivity index (χ3v) is 2.39. The molecule has 0 unspecified atom stereocenters. The summed E-state index contributed by atoms with van der Waals surface area (Å²) in [5.74, 6) is -0.529. The minimum Gasteiger partial charge on any atom is -0.211 e. The predicted octanol–water partition coefficient (Wildman–Crippen LogP) is 2.86. The highest BCUT2D eigenvalue weighted by atomic mass is 79.9. The topological polar surface area (TPSA) is 29.4 Å². The van der Waals surface area contributed by atoms with E-state index >= 15 is 0 Å². The Labute approximate surface area is 77.3 Å². The van der Waals surface area contributed by atoms with Gasteiger partial charge in [-0.15, -0.1) is 0 Å². The SMILES string of the molecule is Cc1ccc(N=C=O)c(F)c1Br. The average molecular weight is 230 g/mol. The lowest BCUT2D eigenvalue weighted by Gasteiger charge is -2.00. The summed E-state index contributed by atoms with van der Waals surface area (Å²) in [6.07, 6.45) is 1.29. The summed E-state index contributed by atoms with van der Waals surface area (Å²) in [4.78, 5) is 13.0. The molecule has 0 aliphatic carbocycles. The van der Waals surface area contributed by atoms with E-state index in [1.807, 2.05) is 0 Å². The molecule has 0 bridgehead atoms. The lowest BCUT2D eigenvalue weighted by atomic mass is 10.2. The molecule has 2 nitrogen and oxygen atoms in total. The van der Waals surface area contributed by atoms with E-state index in [4.69, 9.17) is 0 Å². The van der Waals surface area contributed by atoms with E-state index in [9.17, 15) is 9.18 Å². The van der Waals surface area contributed by atoms with Crippen LogP contribution in [0.15, 0.2) is 21.6 Å². The molecule has 0 aromatic heterocycles. The zero-order chi connectivity index (χ0) is 9.14. The molecule has 1 aromatic carbocycles.